The zero-order chi connectivity index (χ0) is 26.3. The van der Waals surface area contributed by atoms with E-state index in [0.29, 0.717) is 24.7 Å². The molecule has 0 spiro atoms. The van der Waals surface area contributed by atoms with Crippen LogP contribution in [0.15, 0.2) is 53.5 Å². The van der Waals surface area contributed by atoms with Gasteiger partial charge in [-0.3, -0.25) is 14.1 Å². The van der Waals surface area contributed by atoms with Gasteiger partial charge in [-0.1, -0.05) is 30.3 Å². The summed E-state index contributed by atoms with van der Waals surface area (Å²) in [7, 11) is -4.29. The molecule has 5 rings (SSSR count). The molecule has 9 nitrogen and oxygen atoms in total. The molecule has 0 amide bonds. The van der Waals surface area contributed by atoms with E-state index < -0.39 is 56.1 Å². The van der Waals surface area contributed by atoms with Gasteiger partial charge in [0.15, 0.2) is 17.5 Å². The number of nitrogen functional groups attached to an aromatic ring is 1. The average Bonchev–Trinajstić information content (AvgIpc) is 3.39. The molecular formula is C24H20F3N5O4S. The van der Waals surface area contributed by atoms with E-state index in [0.717, 1.165) is 0 Å². The molecule has 0 saturated carbocycles. The van der Waals surface area contributed by atoms with Gasteiger partial charge in [-0.25, -0.2) is 26.6 Å². The summed E-state index contributed by atoms with van der Waals surface area (Å²) in [6, 6.07) is 9.25. The summed E-state index contributed by atoms with van der Waals surface area (Å²) in [6.45, 7) is 0.550. The topological polar surface area (TPSA) is 129 Å². The smallest absolute Gasteiger partial charge is 0.260 e. The highest BCUT2D eigenvalue weighted by molar-refractivity contribution is 7.91. The lowest BCUT2D eigenvalue weighted by Gasteiger charge is -2.18. The minimum absolute atomic E-state index is 0.0947. The maximum absolute atomic E-state index is 15.3. The summed E-state index contributed by atoms with van der Waals surface area (Å²) in [6.07, 6.45) is 1.76. The molecule has 0 radical (unpaired) electrons. The minimum atomic E-state index is -4.29. The van der Waals surface area contributed by atoms with E-state index in [-0.39, 0.29) is 29.2 Å². The maximum Gasteiger partial charge on any atom is 0.260 e. The number of nitrogens with two attached hydrogens (primary N) is 1. The Morgan fingerprint density at radius 3 is 2.57 bits per heavy atom. The van der Waals surface area contributed by atoms with Crippen LogP contribution in [-0.2, 0) is 20.5 Å². The lowest BCUT2D eigenvalue weighted by molar-refractivity contribution is 0.186. The van der Waals surface area contributed by atoms with Gasteiger partial charge in [0.05, 0.1) is 24.0 Å². The first-order chi connectivity index (χ1) is 17.6. The van der Waals surface area contributed by atoms with Crippen molar-refractivity contribution in [2.24, 2.45) is 0 Å². The van der Waals surface area contributed by atoms with E-state index in [1.54, 1.807) is 22.9 Å². The van der Waals surface area contributed by atoms with E-state index >= 15 is 13.2 Å². The largest absolute Gasteiger partial charge is 0.379 e. The van der Waals surface area contributed by atoms with Crippen LogP contribution in [0.3, 0.4) is 0 Å². The molecule has 1 atom stereocenters. The van der Waals surface area contributed by atoms with Crippen LogP contribution in [0.25, 0.3) is 22.2 Å². The molecule has 1 aliphatic heterocycles. The summed E-state index contributed by atoms with van der Waals surface area (Å²) in [4.78, 5) is 21.5. The Bertz CT molecular complexity index is 1670. The van der Waals surface area contributed by atoms with Crippen LogP contribution < -0.4 is 16.0 Å². The van der Waals surface area contributed by atoms with E-state index in [9.17, 15) is 13.2 Å². The second-order valence-corrected chi connectivity index (χ2v) is 10.2. The zero-order valence-corrected chi connectivity index (χ0v) is 19.9. The molecule has 192 valence electrons. The van der Waals surface area contributed by atoms with Crippen LogP contribution in [-0.4, -0.2) is 36.2 Å². The number of halogens is 3. The Morgan fingerprint density at radius 2 is 1.86 bits per heavy atom. The molecular weight excluding hydrogens is 511 g/mol. The number of nitrogens with one attached hydrogen (secondary N) is 1. The molecule has 2 aromatic carbocycles. The Hall–Kier alpha value is -3.97. The number of anilines is 2. The Labute approximate surface area is 208 Å². The summed E-state index contributed by atoms with van der Waals surface area (Å²) < 4.78 is 78.8. The summed E-state index contributed by atoms with van der Waals surface area (Å²) >= 11 is 0. The van der Waals surface area contributed by atoms with Crippen molar-refractivity contribution in [3.8, 4) is 11.1 Å². The van der Waals surface area contributed by atoms with Crippen LogP contribution >= 0.6 is 0 Å². The molecule has 3 heterocycles. The van der Waals surface area contributed by atoms with E-state index in [2.05, 4.69) is 9.97 Å². The molecule has 0 aliphatic carbocycles. The number of pyridine rings is 1. The molecule has 1 aliphatic rings. The van der Waals surface area contributed by atoms with Gasteiger partial charge >= 0.3 is 0 Å². The molecule has 0 bridgehead atoms. The monoisotopic (exact) mass is 531 g/mol. The highest BCUT2D eigenvalue weighted by Crippen LogP contribution is 2.33. The highest BCUT2D eigenvalue weighted by atomic mass is 32.2. The standard InChI is InChI=1S/C24H20F3N5O4S/c25-18-9-16(19(26)20(27)21(18)31-37(34,35)12-13-4-2-1-3-5-13)17-8-14-10-29-24(28)30-22(14)32(23(17)33)15-6-7-36-11-15/h1-5,8-10,15,31H,6-7,11-12H2,(H2,28,29,30). The van der Waals surface area contributed by atoms with Gasteiger partial charge in [0.2, 0.25) is 16.0 Å². The zero-order valence-electron chi connectivity index (χ0n) is 19.1. The molecule has 2 aromatic heterocycles. The van der Waals surface area contributed by atoms with Crippen molar-refractivity contribution in [1.29, 1.82) is 0 Å². The summed E-state index contributed by atoms with van der Waals surface area (Å²) in [5.74, 6) is -5.45. The fourth-order valence-corrected chi connectivity index (χ4v) is 5.46. The van der Waals surface area contributed by atoms with Crippen LogP contribution in [0.1, 0.15) is 18.0 Å². The average molecular weight is 532 g/mol. The van der Waals surface area contributed by atoms with E-state index in [1.165, 1.54) is 29.0 Å². The van der Waals surface area contributed by atoms with Crippen LogP contribution in [0, 0.1) is 17.5 Å². The third-order valence-electron chi connectivity index (χ3n) is 5.97. The van der Waals surface area contributed by atoms with Gasteiger partial charge in [0.25, 0.3) is 5.56 Å². The quantitative estimate of drug-likeness (QED) is 0.365. The number of benzene rings is 2. The van der Waals surface area contributed by atoms with Crippen molar-refractivity contribution in [2.45, 2.75) is 18.2 Å². The first-order valence-electron chi connectivity index (χ1n) is 11.1. The maximum atomic E-state index is 15.3. The minimum Gasteiger partial charge on any atom is -0.379 e. The lowest BCUT2D eigenvalue weighted by Crippen LogP contribution is -2.28. The number of nitrogens with zero attached hydrogens (tertiary/aromatic N) is 3. The molecule has 1 fully saturated rings. The van der Waals surface area contributed by atoms with E-state index in [4.69, 9.17) is 10.5 Å². The van der Waals surface area contributed by atoms with Crippen LogP contribution in [0.2, 0.25) is 0 Å². The molecule has 13 heteroatoms. The number of aromatic nitrogens is 3. The highest BCUT2D eigenvalue weighted by Gasteiger charge is 2.28. The van der Waals surface area contributed by atoms with Gasteiger partial charge in [0, 0.05) is 23.8 Å². The fraction of sp³-hybridized carbons (Fsp3) is 0.208. The normalized spacial score (nSPS) is 15.8. The van der Waals surface area contributed by atoms with Crippen molar-refractivity contribution in [2.75, 3.05) is 23.7 Å². The van der Waals surface area contributed by atoms with Gasteiger partial charge in [-0.05, 0) is 24.1 Å². The predicted octanol–water partition coefficient (Wildman–Crippen LogP) is 3.36. The third kappa shape index (κ3) is 4.74. The first kappa shape index (κ1) is 24.7. The predicted molar refractivity (Wildman–Crippen MR) is 131 cm³/mol. The van der Waals surface area contributed by atoms with Gasteiger partial charge in [-0.15, -0.1) is 0 Å². The number of hydrogen-bond donors (Lipinski definition) is 2. The summed E-state index contributed by atoms with van der Waals surface area (Å²) in [5, 5.41) is 0.281. The van der Waals surface area contributed by atoms with Gasteiger partial charge < -0.3 is 10.5 Å². The first-order valence-corrected chi connectivity index (χ1v) is 12.8. The Kier molecular flexibility index (Phi) is 6.33. The fourth-order valence-electron chi connectivity index (χ4n) is 4.26. The van der Waals surface area contributed by atoms with Gasteiger partial charge in [-0.2, -0.15) is 4.98 Å². The van der Waals surface area contributed by atoms with Crippen molar-refractivity contribution in [1.82, 2.24) is 14.5 Å². The number of rotatable bonds is 6. The number of ether oxygens (including phenoxy) is 1. The van der Waals surface area contributed by atoms with Crippen LogP contribution in [0.4, 0.5) is 24.8 Å². The Balaban J connectivity index is 1.61. The SMILES string of the molecule is Nc1ncc2cc(-c3cc(F)c(NS(=O)(=O)Cc4ccccc4)c(F)c3F)c(=O)n(C3CCOC3)c2n1. The number of sulfonamides is 1. The third-order valence-corrected chi connectivity index (χ3v) is 7.20. The van der Waals surface area contributed by atoms with Crippen molar-refractivity contribution < 1.29 is 26.3 Å². The molecule has 4 aromatic rings. The Morgan fingerprint density at radius 1 is 1.11 bits per heavy atom. The van der Waals surface area contributed by atoms with Gasteiger partial charge in [0.1, 0.15) is 11.3 Å². The van der Waals surface area contributed by atoms with Crippen LogP contribution in [0.5, 0.6) is 0 Å². The second kappa shape index (κ2) is 9.48. The molecule has 3 N–H and O–H groups in total. The second-order valence-electron chi connectivity index (χ2n) is 8.51. The van der Waals surface area contributed by atoms with E-state index in [1.807, 2.05) is 0 Å². The molecule has 37 heavy (non-hydrogen) atoms. The number of hydrogen-bond acceptors (Lipinski definition) is 7. The van der Waals surface area contributed by atoms with Crippen molar-refractivity contribution in [3.63, 3.8) is 0 Å². The molecule has 1 saturated heterocycles. The molecule has 1 unspecified atom stereocenters. The number of fused-ring (bicyclic) bond motifs is 1. The summed E-state index contributed by atoms with van der Waals surface area (Å²) in [5.41, 5.74) is 3.23. The lowest BCUT2D eigenvalue weighted by atomic mass is 10.0. The van der Waals surface area contributed by atoms with Crippen molar-refractivity contribution >= 4 is 32.7 Å². The van der Waals surface area contributed by atoms with Crippen molar-refractivity contribution in [3.05, 3.63) is 82.0 Å².